The third-order valence-corrected chi connectivity index (χ3v) is 2.90. The molecule has 0 aliphatic rings. The van der Waals surface area contributed by atoms with Crippen molar-refractivity contribution in [1.29, 1.82) is 5.26 Å². The molecule has 3 heteroatoms. The molecular weight excluding hydrogens is 248 g/mol. The maximum atomic E-state index is 12.0. The molecule has 0 aromatic heterocycles. The number of carbonyl (C=O) groups excluding carboxylic acids is 1. The highest BCUT2D eigenvalue weighted by molar-refractivity contribution is 5.83. The van der Waals surface area contributed by atoms with E-state index in [2.05, 4.69) is 10.9 Å². The van der Waals surface area contributed by atoms with Crippen molar-refractivity contribution in [1.82, 2.24) is 0 Å². The minimum atomic E-state index is 0.0715. The van der Waals surface area contributed by atoms with E-state index in [1.54, 1.807) is 36.4 Å². The average molecular weight is 260 g/mol. The zero-order chi connectivity index (χ0) is 14.4. The first-order valence-corrected chi connectivity index (χ1v) is 6.18. The number of nitrogens with zero attached hydrogens (tertiary/aromatic N) is 2. The number of carbonyl (C=O) groups is 1. The van der Waals surface area contributed by atoms with Crippen molar-refractivity contribution < 1.29 is 4.79 Å². The van der Waals surface area contributed by atoms with Crippen LogP contribution < -0.4 is 0 Å². The predicted molar refractivity (Wildman–Crippen MR) is 76.3 cm³/mol. The van der Waals surface area contributed by atoms with Crippen molar-refractivity contribution in [2.75, 3.05) is 0 Å². The highest BCUT2D eigenvalue weighted by Gasteiger charge is 2.06. The van der Waals surface area contributed by atoms with Crippen LogP contribution in [-0.4, -0.2) is 5.78 Å². The van der Waals surface area contributed by atoms with E-state index >= 15 is 0 Å². The minimum absolute atomic E-state index is 0.0715. The third kappa shape index (κ3) is 3.54. The summed E-state index contributed by atoms with van der Waals surface area (Å²) in [5, 5.41) is 8.83. The van der Waals surface area contributed by atoms with Gasteiger partial charge in [-0.25, -0.2) is 4.85 Å². The van der Waals surface area contributed by atoms with Gasteiger partial charge in [0.05, 0.1) is 18.2 Å². The van der Waals surface area contributed by atoms with Crippen molar-refractivity contribution in [3.63, 3.8) is 0 Å². The summed E-state index contributed by atoms with van der Waals surface area (Å²) >= 11 is 0. The van der Waals surface area contributed by atoms with Gasteiger partial charge in [-0.05, 0) is 17.7 Å². The molecule has 0 fully saturated rings. The Hall–Kier alpha value is -2.91. The lowest BCUT2D eigenvalue weighted by Gasteiger charge is -2.03. The molecule has 2 aromatic carbocycles. The summed E-state index contributed by atoms with van der Waals surface area (Å²) in [6, 6.07) is 16.2. The molecule has 0 amide bonds. The molecule has 0 saturated heterocycles. The molecule has 20 heavy (non-hydrogen) atoms. The first-order valence-electron chi connectivity index (χ1n) is 6.18. The Morgan fingerprint density at radius 1 is 1.10 bits per heavy atom. The third-order valence-electron chi connectivity index (χ3n) is 2.90. The van der Waals surface area contributed by atoms with Gasteiger partial charge in [0.15, 0.2) is 5.69 Å². The number of hydrogen-bond donors (Lipinski definition) is 0. The Morgan fingerprint density at radius 3 is 2.40 bits per heavy atom. The van der Waals surface area contributed by atoms with E-state index in [0.29, 0.717) is 24.1 Å². The second kappa shape index (κ2) is 6.31. The number of benzene rings is 2. The molecule has 0 aliphatic carbocycles. The summed E-state index contributed by atoms with van der Waals surface area (Å²) in [6.07, 6.45) is 0.609. The maximum absolute atomic E-state index is 12.0. The number of rotatable bonds is 4. The van der Waals surface area contributed by atoms with Gasteiger partial charge in [0, 0.05) is 12.8 Å². The highest BCUT2D eigenvalue weighted by Crippen LogP contribution is 2.15. The van der Waals surface area contributed by atoms with Crippen molar-refractivity contribution in [3.05, 3.63) is 76.6 Å². The topological polar surface area (TPSA) is 45.2 Å². The lowest BCUT2D eigenvalue weighted by atomic mass is 10.0. The molecule has 2 aromatic rings. The van der Waals surface area contributed by atoms with Crippen LogP contribution in [0, 0.1) is 17.9 Å². The summed E-state index contributed by atoms with van der Waals surface area (Å²) in [5.74, 6) is 0.0715. The average Bonchev–Trinajstić information content (AvgIpc) is 2.47. The fourth-order valence-corrected chi connectivity index (χ4v) is 2.00. The van der Waals surface area contributed by atoms with E-state index in [1.807, 2.05) is 12.1 Å². The molecule has 0 N–H and O–H groups in total. The molecule has 0 spiro atoms. The van der Waals surface area contributed by atoms with E-state index in [-0.39, 0.29) is 5.78 Å². The molecule has 3 nitrogen and oxygen atoms in total. The molecule has 96 valence electrons. The summed E-state index contributed by atoms with van der Waals surface area (Å²) in [6.45, 7) is 6.96. The van der Waals surface area contributed by atoms with E-state index in [4.69, 9.17) is 11.8 Å². The quantitative estimate of drug-likeness (QED) is 0.790. The normalized spacial score (nSPS) is 9.50. The Balaban J connectivity index is 2.05. The Morgan fingerprint density at radius 2 is 1.75 bits per heavy atom. The van der Waals surface area contributed by atoms with Gasteiger partial charge in [0.25, 0.3) is 0 Å². The number of hydrogen-bond acceptors (Lipinski definition) is 2. The van der Waals surface area contributed by atoms with Crippen LogP contribution in [0.3, 0.4) is 0 Å². The van der Waals surface area contributed by atoms with Crippen molar-refractivity contribution in [2.45, 2.75) is 12.8 Å². The second-order valence-electron chi connectivity index (χ2n) is 4.49. The Labute approximate surface area is 117 Å². The van der Waals surface area contributed by atoms with Gasteiger partial charge in [0.1, 0.15) is 5.78 Å². The van der Waals surface area contributed by atoms with Gasteiger partial charge in [-0.1, -0.05) is 42.0 Å². The van der Waals surface area contributed by atoms with E-state index in [1.165, 1.54) is 0 Å². The van der Waals surface area contributed by atoms with Crippen molar-refractivity contribution in [3.8, 4) is 6.07 Å². The van der Waals surface area contributed by atoms with Crippen LogP contribution in [0.1, 0.15) is 16.7 Å². The first-order chi connectivity index (χ1) is 9.71. The van der Waals surface area contributed by atoms with Crippen LogP contribution in [0.15, 0.2) is 48.5 Å². The van der Waals surface area contributed by atoms with Crippen LogP contribution in [0.25, 0.3) is 4.85 Å². The van der Waals surface area contributed by atoms with Crippen molar-refractivity contribution in [2.24, 2.45) is 0 Å². The van der Waals surface area contributed by atoms with Crippen molar-refractivity contribution >= 4 is 11.5 Å². The first kappa shape index (κ1) is 13.5. The molecule has 0 radical (unpaired) electrons. The minimum Gasteiger partial charge on any atom is -0.299 e. The van der Waals surface area contributed by atoms with Gasteiger partial charge in [-0.15, -0.1) is 0 Å². The highest BCUT2D eigenvalue weighted by atomic mass is 16.1. The monoisotopic (exact) mass is 260 g/mol. The Bertz CT molecular complexity index is 659. The molecule has 0 unspecified atom stereocenters. The molecule has 2 rings (SSSR count). The fourth-order valence-electron chi connectivity index (χ4n) is 2.00. The summed E-state index contributed by atoms with van der Waals surface area (Å²) < 4.78 is 0. The molecule has 0 bridgehead atoms. The predicted octanol–water partition coefficient (Wildman–Crippen LogP) is 3.46. The summed E-state index contributed by atoms with van der Waals surface area (Å²) in [4.78, 5) is 15.4. The van der Waals surface area contributed by atoms with E-state index in [9.17, 15) is 4.79 Å². The SMILES string of the molecule is [C-]#[N+]c1cccc(CC(=O)Cc2cccc(C#N)c2)c1. The van der Waals surface area contributed by atoms with Crippen LogP contribution in [0.4, 0.5) is 5.69 Å². The molecule has 0 saturated carbocycles. The maximum Gasteiger partial charge on any atom is 0.187 e. The van der Waals surface area contributed by atoms with Gasteiger partial charge in [-0.2, -0.15) is 5.26 Å². The standard InChI is InChI=1S/C17H12N2O/c1-19-16-7-3-5-14(9-16)11-17(20)10-13-4-2-6-15(8-13)12-18/h2-9H,10-11H2. The molecule has 0 atom stereocenters. The zero-order valence-corrected chi connectivity index (χ0v) is 10.8. The largest absolute Gasteiger partial charge is 0.299 e. The Kier molecular flexibility index (Phi) is 4.27. The zero-order valence-electron chi connectivity index (χ0n) is 10.8. The van der Waals surface area contributed by atoms with Crippen LogP contribution in [0.2, 0.25) is 0 Å². The van der Waals surface area contributed by atoms with Gasteiger partial charge in [-0.3, -0.25) is 4.79 Å². The number of nitriles is 1. The van der Waals surface area contributed by atoms with E-state index < -0.39 is 0 Å². The summed E-state index contributed by atoms with van der Waals surface area (Å²) in [7, 11) is 0. The van der Waals surface area contributed by atoms with Gasteiger partial charge < -0.3 is 0 Å². The van der Waals surface area contributed by atoms with Gasteiger partial charge in [0.2, 0.25) is 0 Å². The van der Waals surface area contributed by atoms with Crippen LogP contribution in [0.5, 0.6) is 0 Å². The smallest absolute Gasteiger partial charge is 0.187 e. The lowest BCUT2D eigenvalue weighted by Crippen LogP contribution is -2.06. The number of Topliss-reactive ketones (excluding diaryl/α,β-unsaturated/α-hetero) is 1. The van der Waals surface area contributed by atoms with Gasteiger partial charge >= 0.3 is 0 Å². The van der Waals surface area contributed by atoms with E-state index in [0.717, 1.165) is 11.1 Å². The molecular formula is C17H12N2O. The second-order valence-corrected chi connectivity index (χ2v) is 4.49. The lowest BCUT2D eigenvalue weighted by molar-refractivity contribution is -0.117. The molecule has 0 heterocycles. The number of ketones is 1. The summed E-state index contributed by atoms with van der Waals surface area (Å²) in [5.41, 5.74) is 2.79. The molecule has 0 aliphatic heterocycles. The van der Waals surface area contributed by atoms with Crippen LogP contribution in [-0.2, 0) is 17.6 Å². The fraction of sp³-hybridized carbons (Fsp3) is 0.118. The van der Waals surface area contributed by atoms with Crippen LogP contribution >= 0.6 is 0 Å².